The standard InChI is InChI=1S/C15H23FN2/c16-13-7-8-15(12(11-13)9-10-17)18-14-5-3-1-2-4-6-14/h7-8,11,14,18H,1-6,9-10,17H2. The van der Waals surface area contributed by atoms with Gasteiger partial charge in [-0.2, -0.15) is 0 Å². The minimum absolute atomic E-state index is 0.176. The molecule has 1 aromatic carbocycles. The number of benzene rings is 1. The Hall–Kier alpha value is -1.09. The predicted molar refractivity (Wildman–Crippen MR) is 74.3 cm³/mol. The second-order valence-electron chi connectivity index (χ2n) is 5.17. The van der Waals surface area contributed by atoms with Gasteiger partial charge in [-0.1, -0.05) is 25.7 Å². The Balaban J connectivity index is 2.06. The van der Waals surface area contributed by atoms with Gasteiger partial charge in [0.05, 0.1) is 0 Å². The normalized spacial score (nSPS) is 17.4. The molecule has 1 aliphatic carbocycles. The topological polar surface area (TPSA) is 38.0 Å². The highest BCUT2D eigenvalue weighted by molar-refractivity contribution is 5.52. The van der Waals surface area contributed by atoms with Gasteiger partial charge in [0.1, 0.15) is 5.82 Å². The van der Waals surface area contributed by atoms with Crippen molar-refractivity contribution in [3.05, 3.63) is 29.6 Å². The summed E-state index contributed by atoms with van der Waals surface area (Å²) in [6, 6.07) is 5.52. The molecule has 2 rings (SSSR count). The van der Waals surface area contributed by atoms with Gasteiger partial charge in [-0.15, -0.1) is 0 Å². The number of nitrogens with one attached hydrogen (secondary N) is 1. The van der Waals surface area contributed by atoms with Crippen LogP contribution in [0.5, 0.6) is 0 Å². The van der Waals surface area contributed by atoms with Crippen LogP contribution in [-0.2, 0) is 6.42 Å². The van der Waals surface area contributed by atoms with Crippen molar-refractivity contribution in [2.24, 2.45) is 5.73 Å². The smallest absolute Gasteiger partial charge is 0.123 e. The van der Waals surface area contributed by atoms with Crippen molar-refractivity contribution in [3.8, 4) is 0 Å². The number of anilines is 1. The van der Waals surface area contributed by atoms with Crippen LogP contribution >= 0.6 is 0 Å². The fraction of sp³-hybridized carbons (Fsp3) is 0.600. The number of rotatable bonds is 4. The quantitative estimate of drug-likeness (QED) is 0.803. The lowest BCUT2D eigenvalue weighted by Gasteiger charge is -2.20. The van der Waals surface area contributed by atoms with Gasteiger partial charge in [-0.25, -0.2) is 4.39 Å². The third-order valence-corrected chi connectivity index (χ3v) is 3.70. The summed E-state index contributed by atoms with van der Waals surface area (Å²) in [5.74, 6) is -0.176. The maximum atomic E-state index is 13.2. The van der Waals surface area contributed by atoms with Gasteiger partial charge in [0.2, 0.25) is 0 Å². The molecule has 0 aliphatic heterocycles. The van der Waals surface area contributed by atoms with E-state index in [9.17, 15) is 4.39 Å². The summed E-state index contributed by atoms with van der Waals surface area (Å²) in [5, 5.41) is 3.58. The summed E-state index contributed by atoms with van der Waals surface area (Å²) in [4.78, 5) is 0. The number of hydrogen-bond donors (Lipinski definition) is 2. The zero-order valence-corrected chi connectivity index (χ0v) is 10.9. The monoisotopic (exact) mass is 250 g/mol. The summed E-state index contributed by atoms with van der Waals surface area (Å²) >= 11 is 0. The Kier molecular flexibility index (Phi) is 5.00. The largest absolute Gasteiger partial charge is 0.382 e. The Labute approximate surface area is 109 Å². The van der Waals surface area contributed by atoms with Gasteiger partial charge in [-0.05, 0) is 49.6 Å². The molecule has 0 heterocycles. The molecule has 1 aromatic rings. The average molecular weight is 250 g/mol. The molecule has 18 heavy (non-hydrogen) atoms. The fourth-order valence-corrected chi connectivity index (χ4v) is 2.71. The van der Waals surface area contributed by atoms with Crippen molar-refractivity contribution in [1.82, 2.24) is 0 Å². The van der Waals surface area contributed by atoms with E-state index in [0.717, 1.165) is 17.7 Å². The van der Waals surface area contributed by atoms with Crippen molar-refractivity contribution < 1.29 is 4.39 Å². The van der Waals surface area contributed by atoms with Gasteiger partial charge < -0.3 is 11.1 Å². The minimum Gasteiger partial charge on any atom is -0.382 e. The van der Waals surface area contributed by atoms with Crippen molar-refractivity contribution in [2.75, 3.05) is 11.9 Å². The van der Waals surface area contributed by atoms with Crippen LogP contribution in [0.15, 0.2) is 18.2 Å². The maximum Gasteiger partial charge on any atom is 0.123 e. The zero-order valence-electron chi connectivity index (χ0n) is 10.9. The molecule has 0 saturated heterocycles. The van der Waals surface area contributed by atoms with Gasteiger partial charge in [0.25, 0.3) is 0 Å². The Morgan fingerprint density at radius 3 is 2.56 bits per heavy atom. The van der Waals surface area contributed by atoms with Gasteiger partial charge in [0.15, 0.2) is 0 Å². The summed E-state index contributed by atoms with van der Waals surface area (Å²) in [7, 11) is 0. The van der Waals surface area contributed by atoms with E-state index in [2.05, 4.69) is 5.32 Å². The first-order valence-electron chi connectivity index (χ1n) is 7.04. The molecule has 3 heteroatoms. The van der Waals surface area contributed by atoms with Gasteiger partial charge in [-0.3, -0.25) is 0 Å². The molecule has 1 saturated carbocycles. The van der Waals surface area contributed by atoms with Crippen molar-refractivity contribution in [1.29, 1.82) is 0 Å². The second kappa shape index (κ2) is 6.74. The van der Waals surface area contributed by atoms with Crippen molar-refractivity contribution in [3.63, 3.8) is 0 Å². The lowest BCUT2D eigenvalue weighted by atomic mass is 10.1. The minimum atomic E-state index is -0.176. The van der Waals surface area contributed by atoms with E-state index < -0.39 is 0 Å². The van der Waals surface area contributed by atoms with E-state index >= 15 is 0 Å². The average Bonchev–Trinajstić information content (AvgIpc) is 2.61. The SMILES string of the molecule is NCCc1cc(F)ccc1NC1CCCCCC1. The Morgan fingerprint density at radius 2 is 1.89 bits per heavy atom. The van der Waals surface area contributed by atoms with E-state index in [-0.39, 0.29) is 5.82 Å². The van der Waals surface area contributed by atoms with Crippen LogP contribution in [0.2, 0.25) is 0 Å². The maximum absolute atomic E-state index is 13.2. The first-order valence-corrected chi connectivity index (χ1v) is 7.04. The summed E-state index contributed by atoms with van der Waals surface area (Å²) in [6.07, 6.45) is 8.45. The molecule has 1 fully saturated rings. The molecule has 0 aromatic heterocycles. The number of halogens is 1. The molecule has 0 amide bonds. The molecule has 2 nitrogen and oxygen atoms in total. The van der Waals surface area contributed by atoms with E-state index in [0.29, 0.717) is 12.6 Å². The summed E-state index contributed by atoms with van der Waals surface area (Å²) in [5.41, 5.74) is 7.65. The van der Waals surface area contributed by atoms with Crippen LogP contribution < -0.4 is 11.1 Å². The highest BCUT2D eigenvalue weighted by atomic mass is 19.1. The fourth-order valence-electron chi connectivity index (χ4n) is 2.71. The van der Waals surface area contributed by atoms with Crippen molar-refractivity contribution in [2.45, 2.75) is 51.0 Å². The summed E-state index contributed by atoms with van der Waals surface area (Å²) < 4.78 is 13.2. The Morgan fingerprint density at radius 1 is 1.17 bits per heavy atom. The lowest BCUT2D eigenvalue weighted by Crippen LogP contribution is -2.19. The molecule has 0 spiro atoms. The molecule has 1 aliphatic rings. The molecular weight excluding hydrogens is 227 g/mol. The lowest BCUT2D eigenvalue weighted by molar-refractivity contribution is 0.614. The van der Waals surface area contributed by atoms with Crippen molar-refractivity contribution >= 4 is 5.69 Å². The summed E-state index contributed by atoms with van der Waals surface area (Å²) in [6.45, 7) is 0.558. The molecular formula is C15H23FN2. The molecule has 100 valence electrons. The van der Waals surface area contributed by atoms with E-state index in [1.165, 1.54) is 44.6 Å². The molecule has 0 unspecified atom stereocenters. The molecule has 3 N–H and O–H groups in total. The first-order chi connectivity index (χ1) is 8.79. The molecule has 0 bridgehead atoms. The second-order valence-corrected chi connectivity index (χ2v) is 5.17. The predicted octanol–water partition coefficient (Wildman–Crippen LogP) is 3.46. The van der Waals surface area contributed by atoms with Crippen LogP contribution in [0.4, 0.5) is 10.1 Å². The third kappa shape index (κ3) is 3.70. The number of nitrogens with two attached hydrogens (primary N) is 1. The molecule has 0 radical (unpaired) electrons. The zero-order chi connectivity index (χ0) is 12.8. The van der Waals surface area contributed by atoms with Crippen LogP contribution in [-0.4, -0.2) is 12.6 Å². The highest BCUT2D eigenvalue weighted by Gasteiger charge is 2.13. The Bertz CT molecular complexity index is 371. The highest BCUT2D eigenvalue weighted by Crippen LogP contribution is 2.24. The van der Waals surface area contributed by atoms with Gasteiger partial charge in [0, 0.05) is 11.7 Å². The van der Waals surface area contributed by atoms with Crippen LogP contribution in [0.1, 0.15) is 44.1 Å². The van der Waals surface area contributed by atoms with E-state index in [1.54, 1.807) is 6.07 Å². The van der Waals surface area contributed by atoms with Crippen LogP contribution in [0.3, 0.4) is 0 Å². The van der Waals surface area contributed by atoms with Gasteiger partial charge >= 0.3 is 0 Å². The third-order valence-electron chi connectivity index (χ3n) is 3.70. The van der Waals surface area contributed by atoms with Crippen LogP contribution in [0.25, 0.3) is 0 Å². The first kappa shape index (κ1) is 13.3. The number of hydrogen-bond acceptors (Lipinski definition) is 2. The molecule has 0 atom stereocenters. The van der Waals surface area contributed by atoms with Crippen LogP contribution in [0, 0.1) is 5.82 Å². The van der Waals surface area contributed by atoms with E-state index in [4.69, 9.17) is 5.73 Å². The van der Waals surface area contributed by atoms with E-state index in [1.807, 2.05) is 6.07 Å².